The average Bonchev–Trinajstić information content (AvgIpc) is 2.33. The van der Waals surface area contributed by atoms with E-state index in [4.69, 9.17) is 23.2 Å². The second-order valence-electron chi connectivity index (χ2n) is 4.14. The molecule has 1 saturated heterocycles. The number of likely N-dealkylation sites (N-methyl/N-ethyl adjacent to an activating group) is 1. The summed E-state index contributed by atoms with van der Waals surface area (Å²) in [6, 6.07) is 1.85. The van der Waals surface area contributed by atoms with Crippen molar-refractivity contribution in [3.05, 3.63) is 21.9 Å². The second-order valence-corrected chi connectivity index (χ2v) is 4.91. The zero-order valence-corrected chi connectivity index (χ0v) is 10.8. The molecule has 0 amide bonds. The van der Waals surface area contributed by atoms with Crippen LogP contribution in [-0.4, -0.2) is 34.7 Å². The molecule has 0 bridgehead atoms. The third kappa shape index (κ3) is 2.65. The minimum Gasteiger partial charge on any atom is -0.303 e. The summed E-state index contributed by atoms with van der Waals surface area (Å²) in [7, 11) is 0. The lowest BCUT2D eigenvalue weighted by atomic mass is 9.94. The van der Waals surface area contributed by atoms with E-state index in [0.717, 1.165) is 25.2 Å². The Morgan fingerprint density at radius 2 is 2.25 bits per heavy atom. The normalized spacial score (nSPS) is 22.3. The Morgan fingerprint density at radius 1 is 1.44 bits per heavy atom. The van der Waals surface area contributed by atoms with E-state index in [1.54, 1.807) is 0 Å². The molecular weight excluding hydrogens is 245 g/mol. The standard InChI is InChI=1S/C11H15Cl2N3/c1-2-16-5-3-4-8(7-16)10-6-9(12)11(13)15-14-10/h6,8H,2-5,7H2,1H3. The molecule has 1 aliphatic rings. The molecule has 0 aliphatic carbocycles. The molecule has 0 saturated carbocycles. The van der Waals surface area contributed by atoms with Crippen LogP contribution in [0.1, 0.15) is 31.4 Å². The highest BCUT2D eigenvalue weighted by Gasteiger charge is 2.22. The highest BCUT2D eigenvalue weighted by atomic mass is 35.5. The highest BCUT2D eigenvalue weighted by molar-refractivity contribution is 6.41. The van der Waals surface area contributed by atoms with E-state index in [-0.39, 0.29) is 5.15 Å². The van der Waals surface area contributed by atoms with Crippen molar-refractivity contribution >= 4 is 23.2 Å². The number of nitrogens with zero attached hydrogens (tertiary/aromatic N) is 3. The van der Waals surface area contributed by atoms with Crippen molar-refractivity contribution in [2.24, 2.45) is 0 Å². The van der Waals surface area contributed by atoms with Crippen LogP contribution in [0.25, 0.3) is 0 Å². The molecule has 1 atom stereocenters. The summed E-state index contributed by atoms with van der Waals surface area (Å²) >= 11 is 11.7. The Morgan fingerprint density at radius 3 is 2.94 bits per heavy atom. The van der Waals surface area contributed by atoms with Gasteiger partial charge in [0.25, 0.3) is 0 Å². The monoisotopic (exact) mass is 259 g/mol. The summed E-state index contributed by atoms with van der Waals surface area (Å²) in [4.78, 5) is 2.43. The Balaban J connectivity index is 2.13. The van der Waals surface area contributed by atoms with Gasteiger partial charge in [-0.25, -0.2) is 0 Å². The van der Waals surface area contributed by atoms with Crippen LogP contribution in [0.3, 0.4) is 0 Å². The van der Waals surface area contributed by atoms with Crippen LogP contribution < -0.4 is 0 Å². The molecule has 1 aromatic rings. The summed E-state index contributed by atoms with van der Waals surface area (Å²) in [5.74, 6) is 0.441. The largest absolute Gasteiger partial charge is 0.303 e. The molecular formula is C11H15Cl2N3. The first-order chi connectivity index (χ1) is 7.70. The zero-order valence-electron chi connectivity index (χ0n) is 9.29. The lowest BCUT2D eigenvalue weighted by molar-refractivity contribution is 0.215. The minimum absolute atomic E-state index is 0.286. The van der Waals surface area contributed by atoms with Crippen LogP contribution in [0.4, 0.5) is 0 Å². The van der Waals surface area contributed by atoms with Crippen LogP contribution in [0.2, 0.25) is 10.2 Å². The van der Waals surface area contributed by atoms with Gasteiger partial charge in [0, 0.05) is 12.5 Å². The van der Waals surface area contributed by atoms with Crippen LogP contribution in [-0.2, 0) is 0 Å². The minimum atomic E-state index is 0.286. The quantitative estimate of drug-likeness (QED) is 0.818. The smallest absolute Gasteiger partial charge is 0.170 e. The van der Waals surface area contributed by atoms with Gasteiger partial charge in [-0.15, -0.1) is 5.10 Å². The van der Waals surface area contributed by atoms with Crippen molar-refractivity contribution in [1.29, 1.82) is 0 Å². The molecule has 1 unspecified atom stereocenters. The number of rotatable bonds is 2. The average molecular weight is 260 g/mol. The van der Waals surface area contributed by atoms with E-state index < -0.39 is 0 Å². The molecule has 88 valence electrons. The molecule has 5 heteroatoms. The SMILES string of the molecule is CCN1CCCC(c2cc(Cl)c(Cl)nn2)C1. The maximum absolute atomic E-state index is 5.96. The molecule has 1 fully saturated rings. The van der Waals surface area contributed by atoms with Crippen LogP contribution >= 0.6 is 23.2 Å². The molecule has 0 radical (unpaired) electrons. The van der Waals surface area contributed by atoms with E-state index >= 15 is 0 Å². The van der Waals surface area contributed by atoms with Gasteiger partial charge in [-0.2, -0.15) is 5.10 Å². The van der Waals surface area contributed by atoms with E-state index in [0.29, 0.717) is 10.9 Å². The summed E-state index contributed by atoms with van der Waals surface area (Å²) < 4.78 is 0. The van der Waals surface area contributed by atoms with Gasteiger partial charge in [0.05, 0.1) is 10.7 Å². The van der Waals surface area contributed by atoms with E-state index in [1.165, 1.54) is 13.0 Å². The van der Waals surface area contributed by atoms with Crippen molar-refractivity contribution in [3.63, 3.8) is 0 Å². The summed E-state index contributed by atoms with van der Waals surface area (Å²) in [6.07, 6.45) is 2.36. The van der Waals surface area contributed by atoms with Crippen molar-refractivity contribution in [2.75, 3.05) is 19.6 Å². The van der Waals surface area contributed by atoms with Crippen molar-refractivity contribution in [1.82, 2.24) is 15.1 Å². The fraction of sp³-hybridized carbons (Fsp3) is 0.636. The first-order valence-corrected chi connectivity index (χ1v) is 6.37. The number of aromatic nitrogens is 2. The zero-order chi connectivity index (χ0) is 11.5. The second kappa shape index (κ2) is 5.30. The van der Waals surface area contributed by atoms with E-state index in [1.807, 2.05) is 6.07 Å². The molecule has 2 rings (SSSR count). The van der Waals surface area contributed by atoms with Crippen molar-refractivity contribution in [3.8, 4) is 0 Å². The number of likely N-dealkylation sites (tertiary alicyclic amines) is 1. The first kappa shape index (κ1) is 12.1. The van der Waals surface area contributed by atoms with Gasteiger partial charge in [-0.05, 0) is 32.0 Å². The summed E-state index contributed by atoms with van der Waals surface area (Å²) in [5.41, 5.74) is 0.965. The van der Waals surface area contributed by atoms with Crippen LogP contribution in [0, 0.1) is 0 Å². The highest BCUT2D eigenvalue weighted by Crippen LogP contribution is 2.28. The maximum atomic E-state index is 5.96. The Hall–Kier alpha value is -0.380. The summed E-state index contributed by atoms with van der Waals surface area (Å²) in [5, 5.41) is 8.79. The third-order valence-electron chi connectivity index (χ3n) is 3.10. The number of hydrogen-bond acceptors (Lipinski definition) is 3. The number of piperidine rings is 1. The molecule has 0 spiro atoms. The molecule has 16 heavy (non-hydrogen) atoms. The topological polar surface area (TPSA) is 29.0 Å². The van der Waals surface area contributed by atoms with Gasteiger partial charge in [0.2, 0.25) is 0 Å². The van der Waals surface area contributed by atoms with E-state index in [2.05, 4.69) is 22.0 Å². The number of hydrogen-bond donors (Lipinski definition) is 0. The lowest BCUT2D eigenvalue weighted by Crippen LogP contribution is -2.34. The predicted molar refractivity (Wildman–Crippen MR) is 66.1 cm³/mol. The van der Waals surface area contributed by atoms with Crippen LogP contribution in [0.15, 0.2) is 6.07 Å². The molecule has 0 N–H and O–H groups in total. The van der Waals surface area contributed by atoms with Gasteiger partial charge in [0.1, 0.15) is 0 Å². The Kier molecular flexibility index (Phi) is 4.00. The Bertz CT molecular complexity index is 370. The summed E-state index contributed by atoms with van der Waals surface area (Å²) in [6.45, 7) is 5.50. The molecule has 3 nitrogen and oxygen atoms in total. The van der Waals surface area contributed by atoms with Crippen LogP contribution in [0.5, 0.6) is 0 Å². The fourth-order valence-corrected chi connectivity index (χ4v) is 2.39. The van der Waals surface area contributed by atoms with Gasteiger partial charge in [0.15, 0.2) is 5.15 Å². The van der Waals surface area contributed by atoms with Crippen molar-refractivity contribution in [2.45, 2.75) is 25.7 Å². The Labute approximate surface area is 106 Å². The van der Waals surface area contributed by atoms with Gasteiger partial charge >= 0.3 is 0 Å². The first-order valence-electron chi connectivity index (χ1n) is 5.61. The maximum Gasteiger partial charge on any atom is 0.170 e. The van der Waals surface area contributed by atoms with E-state index in [9.17, 15) is 0 Å². The van der Waals surface area contributed by atoms with Gasteiger partial charge in [-0.1, -0.05) is 30.1 Å². The third-order valence-corrected chi connectivity index (χ3v) is 3.76. The predicted octanol–water partition coefficient (Wildman–Crippen LogP) is 2.98. The molecule has 1 aromatic heterocycles. The molecule has 1 aliphatic heterocycles. The van der Waals surface area contributed by atoms with Crippen molar-refractivity contribution < 1.29 is 0 Å². The molecule has 2 heterocycles. The van der Waals surface area contributed by atoms with Gasteiger partial charge < -0.3 is 4.90 Å². The lowest BCUT2D eigenvalue weighted by Gasteiger charge is -2.31. The fourth-order valence-electron chi connectivity index (χ4n) is 2.15. The number of halogens is 2. The molecule has 0 aromatic carbocycles. The van der Waals surface area contributed by atoms with Gasteiger partial charge in [-0.3, -0.25) is 0 Å².